The summed E-state index contributed by atoms with van der Waals surface area (Å²) < 4.78 is 0. The van der Waals surface area contributed by atoms with Crippen LogP contribution in [-0.2, 0) is 0 Å². The van der Waals surface area contributed by atoms with Gasteiger partial charge in [-0.25, -0.2) is 0 Å². The second-order valence-corrected chi connectivity index (χ2v) is 5.40. The van der Waals surface area contributed by atoms with Crippen molar-refractivity contribution >= 4 is 0 Å². The Balaban J connectivity index is 0.000000164. The zero-order valence-electron chi connectivity index (χ0n) is 15.0. The molecule has 120 valence electrons. The maximum atomic E-state index is 2.20. The van der Waals surface area contributed by atoms with Crippen LogP contribution in [0, 0.1) is 20.8 Å². The van der Waals surface area contributed by atoms with E-state index in [0.717, 1.165) is 0 Å². The Morgan fingerprint density at radius 2 is 0.783 bits per heavy atom. The molecule has 0 amide bonds. The Labute approximate surface area is 141 Å². The Morgan fingerprint density at radius 1 is 0.435 bits per heavy atom. The molecule has 0 unspecified atom stereocenters. The van der Waals surface area contributed by atoms with E-state index >= 15 is 0 Å². The first-order chi connectivity index (χ1) is 11.1. The minimum atomic E-state index is 1.32. The van der Waals surface area contributed by atoms with Crippen LogP contribution in [0.4, 0.5) is 0 Å². The Hall–Kier alpha value is -2.34. The minimum Gasteiger partial charge on any atom is -0.0683 e. The maximum Gasteiger partial charge on any atom is -0.0175 e. The van der Waals surface area contributed by atoms with Crippen molar-refractivity contribution in [1.29, 1.82) is 0 Å². The summed E-state index contributed by atoms with van der Waals surface area (Å²) in [6.45, 7) is 10.3. The molecule has 2 aliphatic carbocycles. The van der Waals surface area contributed by atoms with Gasteiger partial charge in [0.25, 0.3) is 0 Å². The Morgan fingerprint density at radius 3 is 0.957 bits per heavy atom. The van der Waals surface area contributed by atoms with Gasteiger partial charge in [-0.3, -0.25) is 0 Å². The van der Waals surface area contributed by atoms with E-state index in [-0.39, 0.29) is 0 Å². The zero-order valence-corrected chi connectivity index (χ0v) is 15.0. The first-order valence-corrected chi connectivity index (χ1v) is 8.30. The first kappa shape index (κ1) is 18.7. The fourth-order valence-corrected chi connectivity index (χ4v) is 1.98. The highest BCUT2D eigenvalue weighted by Crippen LogP contribution is 2.35. The molecular weight excluding hydrogens is 276 g/mol. The molecule has 4 rings (SSSR count). The summed E-state index contributed by atoms with van der Waals surface area (Å²) in [5, 5.41) is 0. The summed E-state index contributed by atoms with van der Waals surface area (Å²) in [5.41, 5.74) is 6.92. The van der Waals surface area contributed by atoms with Crippen LogP contribution in [0.1, 0.15) is 30.5 Å². The van der Waals surface area contributed by atoms with Gasteiger partial charge in [-0.05, 0) is 43.5 Å². The molecule has 23 heavy (non-hydrogen) atoms. The monoisotopic (exact) mass is 304 g/mol. The molecule has 0 fully saturated rings. The van der Waals surface area contributed by atoms with Gasteiger partial charge in [-0.15, -0.1) is 0 Å². The molecular formula is C23H28. The lowest BCUT2D eigenvalue weighted by molar-refractivity contribution is 1.48. The highest BCUT2D eigenvalue weighted by molar-refractivity contribution is 5.82. The average Bonchev–Trinajstić information content (AvgIpc) is 3.19. The van der Waals surface area contributed by atoms with Crippen LogP contribution in [0.25, 0.3) is 11.1 Å². The van der Waals surface area contributed by atoms with Crippen LogP contribution in [0.3, 0.4) is 0 Å². The third kappa shape index (κ3) is 8.01. The van der Waals surface area contributed by atoms with Gasteiger partial charge in [0, 0.05) is 0 Å². The number of fused-ring (bicyclic) bond motifs is 1. The molecule has 2 aliphatic rings. The molecule has 0 heterocycles. The second-order valence-electron chi connectivity index (χ2n) is 5.40. The van der Waals surface area contributed by atoms with E-state index in [1.54, 1.807) is 0 Å². The van der Waals surface area contributed by atoms with Crippen molar-refractivity contribution in [1.82, 2.24) is 0 Å². The van der Waals surface area contributed by atoms with E-state index in [1.165, 1.54) is 27.8 Å². The first-order valence-electron chi connectivity index (χ1n) is 8.30. The topological polar surface area (TPSA) is 0 Å². The SMILES string of the molecule is CC.Cc1cc2cc-2c1.Cc1ccccc1.Cc1ccccc1. The fourth-order valence-electron chi connectivity index (χ4n) is 1.98. The van der Waals surface area contributed by atoms with E-state index < -0.39 is 0 Å². The number of hydrogen-bond donors (Lipinski definition) is 0. The molecule has 0 aromatic heterocycles. The van der Waals surface area contributed by atoms with Gasteiger partial charge in [-0.1, -0.05) is 97.8 Å². The van der Waals surface area contributed by atoms with Crippen molar-refractivity contribution in [3.63, 3.8) is 0 Å². The van der Waals surface area contributed by atoms with Crippen molar-refractivity contribution in [2.24, 2.45) is 0 Å². The van der Waals surface area contributed by atoms with Gasteiger partial charge in [0.05, 0.1) is 0 Å². The lowest BCUT2D eigenvalue weighted by Crippen LogP contribution is -1.62. The summed E-state index contributed by atoms with van der Waals surface area (Å²) in [6, 6.07) is 27.1. The molecule has 0 aliphatic heterocycles. The van der Waals surface area contributed by atoms with Crippen molar-refractivity contribution in [2.75, 3.05) is 0 Å². The molecule has 0 atom stereocenters. The van der Waals surface area contributed by atoms with Crippen LogP contribution in [0.5, 0.6) is 0 Å². The van der Waals surface area contributed by atoms with Gasteiger partial charge < -0.3 is 0 Å². The number of aryl methyl sites for hydroxylation is 3. The van der Waals surface area contributed by atoms with Crippen LogP contribution >= 0.6 is 0 Å². The van der Waals surface area contributed by atoms with Crippen LogP contribution in [0.2, 0.25) is 0 Å². The van der Waals surface area contributed by atoms with Crippen molar-refractivity contribution in [3.05, 3.63) is 95.6 Å². The minimum absolute atomic E-state index is 1.32. The smallest absolute Gasteiger partial charge is 0.0175 e. The third-order valence-corrected chi connectivity index (χ3v) is 3.21. The molecule has 0 saturated heterocycles. The average molecular weight is 304 g/mol. The molecule has 0 saturated carbocycles. The molecule has 0 bridgehead atoms. The molecule has 0 heteroatoms. The molecule has 0 radical (unpaired) electrons. The summed E-state index contributed by atoms with van der Waals surface area (Å²) in [6.07, 6.45) is 0. The predicted molar refractivity (Wildman–Crippen MR) is 104 cm³/mol. The summed E-state index contributed by atoms with van der Waals surface area (Å²) in [5.74, 6) is 0. The number of benzene rings is 3. The summed E-state index contributed by atoms with van der Waals surface area (Å²) in [7, 11) is 0. The van der Waals surface area contributed by atoms with Gasteiger partial charge >= 0.3 is 0 Å². The summed E-state index contributed by atoms with van der Waals surface area (Å²) >= 11 is 0. The summed E-state index contributed by atoms with van der Waals surface area (Å²) in [4.78, 5) is 0. The predicted octanol–water partition coefficient (Wildman–Crippen LogP) is 6.99. The maximum absolute atomic E-state index is 2.20. The van der Waals surface area contributed by atoms with E-state index in [0.29, 0.717) is 0 Å². The Kier molecular flexibility index (Phi) is 8.46. The lowest BCUT2D eigenvalue weighted by atomic mass is 10.2. The van der Waals surface area contributed by atoms with Crippen molar-refractivity contribution in [2.45, 2.75) is 34.6 Å². The van der Waals surface area contributed by atoms with Gasteiger partial charge in [0.15, 0.2) is 0 Å². The zero-order chi connectivity index (χ0) is 17.1. The van der Waals surface area contributed by atoms with Crippen LogP contribution < -0.4 is 0 Å². The Bertz CT molecular complexity index is 609. The van der Waals surface area contributed by atoms with Crippen molar-refractivity contribution < 1.29 is 0 Å². The van der Waals surface area contributed by atoms with E-state index in [4.69, 9.17) is 0 Å². The number of rotatable bonds is 0. The van der Waals surface area contributed by atoms with Crippen LogP contribution in [-0.4, -0.2) is 0 Å². The second kappa shape index (κ2) is 10.4. The normalized spacial score (nSPS) is 9.09. The molecule has 2 aromatic rings. The van der Waals surface area contributed by atoms with E-state index in [2.05, 4.69) is 63.2 Å². The quantitative estimate of drug-likeness (QED) is 0.328. The third-order valence-electron chi connectivity index (χ3n) is 3.21. The van der Waals surface area contributed by atoms with E-state index in [1.807, 2.05) is 50.2 Å². The van der Waals surface area contributed by atoms with E-state index in [9.17, 15) is 0 Å². The van der Waals surface area contributed by atoms with Gasteiger partial charge in [0.1, 0.15) is 0 Å². The highest BCUT2D eigenvalue weighted by atomic mass is 14.1. The fraction of sp³-hybridized carbons (Fsp3) is 0.217. The highest BCUT2D eigenvalue weighted by Gasteiger charge is 2.10. The van der Waals surface area contributed by atoms with Crippen LogP contribution in [0.15, 0.2) is 78.9 Å². The largest absolute Gasteiger partial charge is 0.0683 e. The molecule has 0 N–H and O–H groups in total. The van der Waals surface area contributed by atoms with Gasteiger partial charge in [-0.2, -0.15) is 0 Å². The molecule has 2 aromatic carbocycles. The number of hydrogen-bond acceptors (Lipinski definition) is 0. The molecule has 0 nitrogen and oxygen atoms in total. The van der Waals surface area contributed by atoms with Gasteiger partial charge in [0.2, 0.25) is 0 Å². The standard InChI is InChI=1S/C7H6.2C7H8.C2H6/c1-5-2-6-4-7(6)3-5;2*1-7-5-3-2-4-6-7;1-2/h2-4H,1H3;2*2-6H,1H3;1-2H3. The lowest BCUT2D eigenvalue weighted by Gasteiger charge is -1.82. The molecule has 0 spiro atoms. The van der Waals surface area contributed by atoms with Crippen molar-refractivity contribution in [3.8, 4) is 11.1 Å².